The summed E-state index contributed by atoms with van der Waals surface area (Å²) in [4.78, 5) is 17.3. The first kappa shape index (κ1) is 19.1. The van der Waals surface area contributed by atoms with Crippen LogP contribution >= 0.6 is 0 Å². The molecule has 1 amide bonds. The van der Waals surface area contributed by atoms with E-state index < -0.39 is 0 Å². The monoisotopic (exact) mass is 362 g/mol. The Balaban J connectivity index is 1.67. The maximum Gasteiger partial charge on any atom is 0.251 e. The second-order valence-electron chi connectivity index (χ2n) is 7.47. The largest absolute Gasteiger partial charge is 0.348 e. The van der Waals surface area contributed by atoms with Gasteiger partial charge in [-0.3, -0.25) is 9.69 Å². The van der Waals surface area contributed by atoms with Crippen LogP contribution in [0.5, 0.6) is 0 Å². The van der Waals surface area contributed by atoms with Crippen molar-refractivity contribution in [1.82, 2.24) is 15.1 Å². The maximum absolute atomic E-state index is 12.7. The molecule has 0 unspecified atom stereocenters. The lowest BCUT2D eigenvalue weighted by Crippen LogP contribution is -2.43. The Kier molecular flexibility index (Phi) is 6.23. The van der Waals surface area contributed by atoms with Gasteiger partial charge >= 0.3 is 0 Å². The number of carbonyl (C=O) groups excluding carboxylic acids is 1. The lowest BCUT2D eigenvalue weighted by Gasteiger charge is -2.23. The van der Waals surface area contributed by atoms with Crippen LogP contribution in [-0.2, 0) is 6.54 Å². The molecule has 0 bridgehead atoms. The van der Waals surface area contributed by atoms with Gasteiger partial charge in [-0.2, -0.15) is 5.26 Å². The van der Waals surface area contributed by atoms with Crippen LogP contribution in [0.25, 0.3) is 0 Å². The summed E-state index contributed by atoms with van der Waals surface area (Å²) >= 11 is 0. The second-order valence-corrected chi connectivity index (χ2v) is 7.47. The van der Waals surface area contributed by atoms with E-state index in [9.17, 15) is 4.79 Å². The Morgan fingerprint density at radius 3 is 2.48 bits per heavy atom. The molecule has 1 saturated heterocycles. The van der Waals surface area contributed by atoms with Crippen molar-refractivity contribution in [3.8, 4) is 6.07 Å². The highest BCUT2D eigenvalue weighted by Crippen LogP contribution is 2.21. The van der Waals surface area contributed by atoms with Crippen molar-refractivity contribution < 1.29 is 4.79 Å². The fourth-order valence-electron chi connectivity index (χ4n) is 3.70. The Morgan fingerprint density at radius 1 is 1.15 bits per heavy atom. The van der Waals surface area contributed by atoms with Gasteiger partial charge in [0.15, 0.2) is 0 Å². The maximum atomic E-state index is 12.7. The zero-order valence-corrected chi connectivity index (χ0v) is 15.9. The summed E-state index contributed by atoms with van der Waals surface area (Å²) in [6, 6.07) is 19.4. The average Bonchev–Trinajstić information content (AvgIpc) is 3.02. The number of likely N-dealkylation sites (tertiary alicyclic amines) is 1. The van der Waals surface area contributed by atoms with Crippen LogP contribution in [0, 0.1) is 17.2 Å². The predicted molar refractivity (Wildman–Crippen MR) is 106 cm³/mol. The minimum Gasteiger partial charge on any atom is -0.348 e. The van der Waals surface area contributed by atoms with E-state index in [0.717, 1.165) is 26.2 Å². The average molecular weight is 362 g/mol. The summed E-state index contributed by atoms with van der Waals surface area (Å²) in [6.07, 6.45) is 0. The van der Waals surface area contributed by atoms with E-state index in [2.05, 4.69) is 59.5 Å². The molecule has 0 spiro atoms. The van der Waals surface area contributed by atoms with Crippen molar-refractivity contribution in [2.75, 3.05) is 33.7 Å². The third-order valence-corrected chi connectivity index (χ3v) is 4.96. The number of amides is 1. The topological polar surface area (TPSA) is 59.4 Å². The molecule has 1 N–H and O–H groups in total. The van der Waals surface area contributed by atoms with Crippen molar-refractivity contribution >= 4 is 5.91 Å². The molecular formula is C22H26N4O. The van der Waals surface area contributed by atoms with Gasteiger partial charge in [0.1, 0.15) is 0 Å². The molecule has 2 aromatic carbocycles. The van der Waals surface area contributed by atoms with E-state index in [-0.39, 0.29) is 11.9 Å². The number of nitrogens with one attached hydrogen (secondary N) is 1. The van der Waals surface area contributed by atoms with Gasteiger partial charge in [0, 0.05) is 43.7 Å². The van der Waals surface area contributed by atoms with Gasteiger partial charge in [-0.25, -0.2) is 0 Å². The Labute approximate surface area is 161 Å². The standard InChI is InChI=1S/C22H26N4O/c1-25(2)14-20-15-26(13-18-6-4-3-5-7-18)16-21(20)24-22(27)19-10-8-17(12-23)9-11-19/h3-11,20-21H,13-16H2,1-2H3,(H,24,27)/t20-,21-/m1/s1. The van der Waals surface area contributed by atoms with Crippen LogP contribution in [-0.4, -0.2) is 55.5 Å². The molecule has 0 radical (unpaired) electrons. The molecule has 0 saturated carbocycles. The predicted octanol–water partition coefficient (Wildman–Crippen LogP) is 2.35. The summed E-state index contributed by atoms with van der Waals surface area (Å²) < 4.78 is 0. The lowest BCUT2D eigenvalue weighted by atomic mass is 10.0. The molecule has 5 heteroatoms. The summed E-state index contributed by atoms with van der Waals surface area (Å²) in [5.41, 5.74) is 2.45. The molecule has 27 heavy (non-hydrogen) atoms. The molecular weight excluding hydrogens is 336 g/mol. The third kappa shape index (κ3) is 5.16. The number of nitriles is 1. The molecule has 0 aromatic heterocycles. The minimum absolute atomic E-state index is 0.0743. The van der Waals surface area contributed by atoms with E-state index in [4.69, 9.17) is 5.26 Å². The van der Waals surface area contributed by atoms with Crippen LogP contribution in [0.1, 0.15) is 21.5 Å². The van der Waals surface area contributed by atoms with Gasteiger partial charge < -0.3 is 10.2 Å². The first-order valence-corrected chi connectivity index (χ1v) is 9.27. The number of rotatable bonds is 6. The number of carbonyl (C=O) groups is 1. The first-order chi connectivity index (χ1) is 13.0. The van der Waals surface area contributed by atoms with Crippen LogP contribution in [0.3, 0.4) is 0 Å². The number of hydrogen-bond donors (Lipinski definition) is 1. The van der Waals surface area contributed by atoms with Crippen molar-refractivity contribution in [3.63, 3.8) is 0 Å². The van der Waals surface area contributed by atoms with Crippen molar-refractivity contribution in [2.45, 2.75) is 12.6 Å². The van der Waals surface area contributed by atoms with Crippen molar-refractivity contribution in [1.29, 1.82) is 5.26 Å². The normalized spacial score (nSPS) is 19.8. The molecule has 5 nitrogen and oxygen atoms in total. The highest BCUT2D eigenvalue weighted by atomic mass is 16.1. The van der Waals surface area contributed by atoms with E-state index in [1.54, 1.807) is 24.3 Å². The highest BCUT2D eigenvalue weighted by molar-refractivity contribution is 5.94. The molecule has 1 heterocycles. The summed E-state index contributed by atoms with van der Waals surface area (Å²) in [5, 5.41) is 12.1. The fraction of sp³-hybridized carbons (Fsp3) is 0.364. The molecule has 1 aliphatic rings. The smallest absolute Gasteiger partial charge is 0.251 e. The lowest BCUT2D eigenvalue weighted by molar-refractivity contribution is 0.0927. The second kappa shape index (κ2) is 8.81. The van der Waals surface area contributed by atoms with Gasteiger partial charge in [0.2, 0.25) is 0 Å². The van der Waals surface area contributed by atoms with E-state index in [0.29, 0.717) is 17.0 Å². The van der Waals surface area contributed by atoms with Gasteiger partial charge in [-0.05, 0) is 43.9 Å². The Morgan fingerprint density at radius 2 is 1.85 bits per heavy atom. The van der Waals surface area contributed by atoms with Crippen molar-refractivity contribution in [3.05, 3.63) is 71.3 Å². The van der Waals surface area contributed by atoms with Crippen LogP contribution < -0.4 is 5.32 Å². The minimum atomic E-state index is -0.0743. The SMILES string of the molecule is CN(C)C[C@@H]1CN(Cc2ccccc2)C[C@H]1NC(=O)c1ccc(C#N)cc1. The number of hydrogen-bond acceptors (Lipinski definition) is 4. The zero-order valence-electron chi connectivity index (χ0n) is 15.9. The Hall–Kier alpha value is -2.68. The van der Waals surface area contributed by atoms with Crippen LogP contribution in [0.15, 0.2) is 54.6 Å². The fourth-order valence-corrected chi connectivity index (χ4v) is 3.70. The molecule has 1 fully saturated rings. The van der Waals surface area contributed by atoms with Crippen LogP contribution in [0.4, 0.5) is 0 Å². The van der Waals surface area contributed by atoms with Gasteiger partial charge in [-0.1, -0.05) is 30.3 Å². The zero-order chi connectivity index (χ0) is 19.2. The summed E-state index contributed by atoms with van der Waals surface area (Å²) in [7, 11) is 4.14. The van der Waals surface area contributed by atoms with E-state index >= 15 is 0 Å². The molecule has 2 aromatic rings. The third-order valence-electron chi connectivity index (χ3n) is 4.96. The summed E-state index contributed by atoms with van der Waals surface area (Å²) in [5.74, 6) is 0.306. The van der Waals surface area contributed by atoms with Crippen LogP contribution in [0.2, 0.25) is 0 Å². The number of benzene rings is 2. The quantitative estimate of drug-likeness (QED) is 0.857. The molecule has 0 aliphatic carbocycles. The first-order valence-electron chi connectivity index (χ1n) is 9.27. The Bertz CT molecular complexity index is 795. The number of nitrogens with zero attached hydrogens (tertiary/aromatic N) is 3. The molecule has 1 aliphatic heterocycles. The molecule has 140 valence electrons. The van der Waals surface area contributed by atoms with Crippen molar-refractivity contribution in [2.24, 2.45) is 5.92 Å². The molecule has 2 atom stereocenters. The van der Waals surface area contributed by atoms with Gasteiger partial charge in [0.05, 0.1) is 11.6 Å². The van der Waals surface area contributed by atoms with Gasteiger partial charge in [-0.15, -0.1) is 0 Å². The highest BCUT2D eigenvalue weighted by Gasteiger charge is 2.34. The van der Waals surface area contributed by atoms with E-state index in [1.165, 1.54) is 5.56 Å². The van der Waals surface area contributed by atoms with Gasteiger partial charge in [0.25, 0.3) is 5.91 Å². The van der Waals surface area contributed by atoms with E-state index in [1.807, 2.05) is 6.07 Å². The summed E-state index contributed by atoms with van der Waals surface area (Å²) in [6.45, 7) is 3.64. The molecule has 3 rings (SSSR count).